The first-order valence-corrected chi connectivity index (χ1v) is 7.71. The molecule has 1 heterocycles. The zero-order valence-electron chi connectivity index (χ0n) is 14.0. The third-order valence-corrected chi connectivity index (χ3v) is 3.13. The number of methoxy groups -OCH3 is 1. The van der Waals surface area contributed by atoms with Gasteiger partial charge in [0.1, 0.15) is 17.2 Å². The van der Waals surface area contributed by atoms with Gasteiger partial charge in [0.25, 0.3) is 0 Å². The van der Waals surface area contributed by atoms with Crippen LogP contribution in [0.2, 0.25) is 5.02 Å². The second kappa shape index (κ2) is 7.40. The number of benzene rings is 1. The molecule has 0 atom stereocenters. The van der Waals surface area contributed by atoms with Crippen LogP contribution in [0.1, 0.15) is 20.8 Å². The summed E-state index contributed by atoms with van der Waals surface area (Å²) in [7, 11) is 1.56. The maximum absolute atomic E-state index is 11.7. The quantitative estimate of drug-likeness (QED) is 0.826. The molecule has 0 aliphatic heterocycles. The van der Waals surface area contributed by atoms with Gasteiger partial charge in [0, 0.05) is 5.69 Å². The number of nitrogens with zero attached hydrogens (tertiary/aromatic N) is 1. The van der Waals surface area contributed by atoms with E-state index in [1.807, 2.05) is 6.07 Å². The lowest BCUT2D eigenvalue weighted by Gasteiger charge is -2.19. The second-order valence-corrected chi connectivity index (χ2v) is 6.44. The van der Waals surface area contributed by atoms with Crippen molar-refractivity contribution in [2.75, 3.05) is 17.7 Å². The number of hydrogen-bond donors (Lipinski definition) is 2. The number of carbonyl (C=O) groups excluding carboxylic acids is 1. The van der Waals surface area contributed by atoms with Crippen LogP contribution in [0.5, 0.6) is 5.75 Å². The number of halogens is 1. The minimum atomic E-state index is -0.549. The molecule has 0 saturated carbocycles. The maximum Gasteiger partial charge on any atom is 0.412 e. The molecular formula is C17H20ClN3O3. The van der Waals surface area contributed by atoms with Gasteiger partial charge >= 0.3 is 6.09 Å². The van der Waals surface area contributed by atoms with Gasteiger partial charge in [-0.1, -0.05) is 11.6 Å². The SMILES string of the molecule is COc1ccc(Nc2ccc(NC(=O)OC(C)(C)C)cn2)cc1Cl. The summed E-state index contributed by atoms with van der Waals surface area (Å²) >= 11 is 6.08. The van der Waals surface area contributed by atoms with Crippen LogP contribution in [0.15, 0.2) is 36.5 Å². The van der Waals surface area contributed by atoms with Crippen LogP contribution in [0.25, 0.3) is 0 Å². The number of ether oxygens (including phenoxy) is 2. The molecule has 1 aromatic carbocycles. The summed E-state index contributed by atoms with van der Waals surface area (Å²) in [5, 5.41) is 6.25. The van der Waals surface area contributed by atoms with E-state index in [0.29, 0.717) is 22.3 Å². The summed E-state index contributed by atoms with van der Waals surface area (Å²) in [5.41, 5.74) is 0.774. The van der Waals surface area contributed by atoms with Gasteiger partial charge in [-0.3, -0.25) is 5.32 Å². The van der Waals surface area contributed by atoms with Gasteiger partial charge < -0.3 is 14.8 Å². The lowest BCUT2D eigenvalue weighted by Crippen LogP contribution is -2.27. The Hall–Kier alpha value is -2.47. The number of carbonyl (C=O) groups is 1. The third-order valence-electron chi connectivity index (χ3n) is 2.83. The zero-order valence-corrected chi connectivity index (χ0v) is 14.8. The predicted molar refractivity (Wildman–Crippen MR) is 95.4 cm³/mol. The average molecular weight is 350 g/mol. The molecule has 2 rings (SSSR count). The number of amides is 1. The van der Waals surface area contributed by atoms with E-state index in [1.165, 1.54) is 6.20 Å². The predicted octanol–water partition coefficient (Wildman–Crippen LogP) is 4.83. The first kappa shape index (κ1) is 17.9. The normalized spacial score (nSPS) is 10.9. The largest absolute Gasteiger partial charge is 0.495 e. The summed E-state index contributed by atoms with van der Waals surface area (Å²) in [6, 6.07) is 8.81. The minimum absolute atomic E-state index is 0.505. The Morgan fingerprint density at radius 2 is 1.88 bits per heavy atom. The third kappa shape index (κ3) is 5.31. The molecule has 0 aliphatic rings. The van der Waals surface area contributed by atoms with E-state index in [2.05, 4.69) is 15.6 Å². The smallest absolute Gasteiger partial charge is 0.412 e. The standard InChI is InChI=1S/C17H20ClN3O3/c1-17(2,3)24-16(22)21-12-6-8-15(19-10-12)20-11-5-7-14(23-4)13(18)9-11/h5-10H,1-4H3,(H,19,20)(H,21,22). The number of aromatic nitrogens is 1. The molecule has 7 heteroatoms. The van der Waals surface area contributed by atoms with E-state index in [9.17, 15) is 4.79 Å². The molecule has 1 aromatic heterocycles. The molecular weight excluding hydrogens is 330 g/mol. The van der Waals surface area contributed by atoms with E-state index in [0.717, 1.165) is 5.69 Å². The Kier molecular flexibility index (Phi) is 5.51. The zero-order chi connectivity index (χ0) is 17.7. The van der Waals surface area contributed by atoms with E-state index in [1.54, 1.807) is 52.1 Å². The van der Waals surface area contributed by atoms with Crippen molar-refractivity contribution in [3.8, 4) is 5.75 Å². The van der Waals surface area contributed by atoms with Crippen LogP contribution < -0.4 is 15.4 Å². The summed E-state index contributed by atoms with van der Waals surface area (Å²) in [5.74, 6) is 1.22. The van der Waals surface area contributed by atoms with Crippen LogP contribution in [0, 0.1) is 0 Å². The van der Waals surface area contributed by atoms with E-state index in [4.69, 9.17) is 21.1 Å². The first-order chi connectivity index (χ1) is 11.3. The summed E-state index contributed by atoms with van der Waals surface area (Å²) < 4.78 is 10.3. The minimum Gasteiger partial charge on any atom is -0.495 e. The summed E-state index contributed by atoms with van der Waals surface area (Å²) in [6.07, 6.45) is 1.02. The van der Waals surface area contributed by atoms with Crippen molar-refractivity contribution < 1.29 is 14.3 Å². The average Bonchev–Trinajstić information content (AvgIpc) is 2.47. The molecule has 0 bridgehead atoms. The van der Waals surface area contributed by atoms with Crippen LogP contribution >= 0.6 is 11.6 Å². The van der Waals surface area contributed by atoms with Crippen molar-refractivity contribution in [1.29, 1.82) is 0 Å². The van der Waals surface area contributed by atoms with Gasteiger partial charge in [0.15, 0.2) is 0 Å². The van der Waals surface area contributed by atoms with Gasteiger partial charge in [0.05, 0.1) is 24.0 Å². The fraction of sp³-hybridized carbons (Fsp3) is 0.294. The van der Waals surface area contributed by atoms with Crippen molar-refractivity contribution in [2.24, 2.45) is 0 Å². The Morgan fingerprint density at radius 1 is 1.17 bits per heavy atom. The fourth-order valence-electron chi connectivity index (χ4n) is 1.86. The highest BCUT2D eigenvalue weighted by Gasteiger charge is 2.16. The fourth-order valence-corrected chi connectivity index (χ4v) is 2.11. The summed E-state index contributed by atoms with van der Waals surface area (Å²) in [4.78, 5) is 15.9. The molecule has 2 N–H and O–H groups in total. The van der Waals surface area contributed by atoms with Crippen molar-refractivity contribution >= 4 is 34.9 Å². The highest BCUT2D eigenvalue weighted by atomic mass is 35.5. The van der Waals surface area contributed by atoms with Crippen molar-refractivity contribution in [2.45, 2.75) is 26.4 Å². The molecule has 0 radical (unpaired) electrons. The second-order valence-electron chi connectivity index (χ2n) is 6.03. The van der Waals surface area contributed by atoms with E-state index in [-0.39, 0.29) is 0 Å². The van der Waals surface area contributed by atoms with E-state index < -0.39 is 11.7 Å². The van der Waals surface area contributed by atoms with E-state index >= 15 is 0 Å². The molecule has 1 amide bonds. The molecule has 6 nitrogen and oxygen atoms in total. The Morgan fingerprint density at radius 3 is 2.42 bits per heavy atom. The molecule has 24 heavy (non-hydrogen) atoms. The molecule has 0 fully saturated rings. The monoisotopic (exact) mass is 349 g/mol. The highest BCUT2D eigenvalue weighted by molar-refractivity contribution is 6.32. The molecule has 2 aromatic rings. The number of rotatable bonds is 4. The topological polar surface area (TPSA) is 72.5 Å². The number of nitrogens with one attached hydrogen (secondary N) is 2. The highest BCUT2D eigenvalue weighted by Crippen LogP contribution is 2.28. The molecule has 0 spiro atoms. The molecule has 0 saturated heterocycles. The van der Waals surface area contributed by atoms with Gasteiger partial charge in [-0.2, -0.15) is 0 Å². The lowest BCUT2D eigenvalue weighted by molar-refractivity contribution is 0.0636. The van der Waals surface area contributed by atoms with Crippen LogP contribution in [-0.2, 0) is 4.74 Å². The van der Waals surface area contributed by atoms with Crippen LogP contribution in [-0.4, -0.2) is 23.8 Å². The summed E-state index contributed by atoms with van der Waals surface area (Å²) in [6.45, 7) is 5.41. The molecule has 128 valence electrons. The maximum atomic E-state index is 11.7. The molecule has 0 aliphatic carbocycles. The Balaban J connectivity index is 1.99. The number of anilines is 3. The van der Waals surface area contributed by atoms with Crippen LogP contribution in [0.3, 0.4) is 0 Å². The Labute approximate surface area is 146 Å². The van der Waals surface area contributed by atoms with Gasteiger partial charge in [0.2, 0.25) is 0 Å². The van der Waals surface area contributed by atoms with Crippen LogP contribution in [0.4, 0.5) is 22.0 Å². The van der Waals surface area contributed by atoms with Gasteiger partial charge in [-0.25, -0.2) is 9.78 Å². The Bertz CT molecular complexity index is 712. The first-order valence-electron chi connectivity index (χ1n) is 7.33. The van der Waals surface area contributed by atoms with Gasteiger partial charge in [-0.15, -0.1) is 0 Å². The van der Waals surface area contributed by atoms with Crippen molar-refractivity contribution in [1.82, 2.24) is 4.98 Å². The molecule has 0 unspecified atom stereocenters. The van der Waals surface area contributed by atoms with Gasteiger partial charge in [-0.05, 0) is 51.1 Å². The number of hydrogen-bond acceptors (Lipinski definition) is 5. The van der Waals surface area contributed by atoms with Crippen molar-refractivity contribution in [3.63, 3.8) is 0 Å². The van der Waals surface area contributed by atoms with Crippen molar-refractivity contribution in [3.05, 3.63) is 41.6 Å². The number of pyridine rings is 1. The lowest BCUT2D eigenvalue weighted by atomic mass is 10.2.